The van der Waals surface area contributed by atoms with Crippen LogP contribution in [0.5, 0.6) is 0 Å². The van der Waals surface area contributed by atoms with Gasteiger partial charge < -0.3 is 10.2 Å². The molecule has 2 fully saturated rings. The van der Waals surface area contributed by atoms with Gasteiger partial charge in [0.2, 0.25) is 11.8 Å². The first-order valence-electron chi connectivity index (χ1n) is 11.3. The molecule has 2 amide bonds. The zero-order valence-electron chi connectivity index (χ0n) is 18.6. The summed E-state index contributed by atoms with van der Waals surface area (Å²) in [7, 11) is 0. The van der Waals surface area contributed by atoms with E-state index in [1.165, 1.54) is 5.57 Å². The van der Waals surface area contributed by atoms with Crippen LogP contribution in [0.2, 0.25) is 0 Å². The zero-order chi connectivity index (χ0) is 21.0. The molecule has 1 N–H and O–H groups in total. The number of hydrogen-bond acceptors (Lipinski definition) is 2. The number of carbonyl (C=O) groups excluding carboxylic acids is 2. The summed E-state index contributed by atoms with van der Waals surface area (Å²) >= 11 is 0. The van der Waals surface area contributed by atoms with Crippen molar-refractivity contribution in [3.05, 3.63) is 36.0 Å². The predicted octanol–water partition coefficient (Wildman–Crippen LogP) is 4.10. The summed E-state index contributed by atoms with van der Waals surface area (Å²) in [6.45, 7) is 12.3. The molecule has 4 rings (SSSR count). The Hall–Kier alpha value is -1.84. The van der Waals surface area contributed by atoms with E-state index in [0.29, 0.717) is 30.1 Å². The summed E-state index contributed by atoms with van der Waals surface area (Å²) in [5, 5.41) is 3.36. The molecule has 4 nitrogen and oxygen atoms in total. The van der Waals surface area contributed by atoms with Crippen molar-refractivity contribution >= 4 is 11.8 Å². The second-order valence-corrected chi connectivity index (χ2v) is 10.6. The van der Waals surface area contributed by atoms with Crippen LogP contribution < -0.4 is 5.32 Å². The van der Waals surface area contributed by atoms with Gasteiger partial charge in [0.25, 0.3) is 0 Å². The molecule has 6 atom stereocenters. The van der Waals surface area contributed by atoms with Gasteiger partial charge in [-0.25, -0.2) is 0 Å². The number of piperidine rings is 1. The Bertz CT molecular complexity index is 781. The number of amides is 2. The molecule has 0 bridgehead atoms. The van der Waals surface area contributed by atoms with Crippen molar-refractivity contribution in [2.24, 2.45) is 35.0 Å². The first kappa shape index (κ1) is 20.4. The van der Waals surface area contributed by atoms with Crippen molar-refractivity contribution in [1.29, 1.82) is 0 Å². The average molecular weight is 397 g/mol. The van der Waals surface area contributed by atoms with Crippen LogP contribution in [0.3, 0.4) is 0 Å². The van der Waals surface area contributed by atoms with Crippen molar-refractivity contribution in [2.45, 2.75) is 59.4 Å². The van der Waals surface area contributed by atoms with Gasteiger partial charge in [-0.2, -0.15) is 0 Å². The van der Waals surface area contributed by atoms with Gasteiger partial charge in [-0.15, -0.1) is 0 Å². The Balaban J connectivity index is 1.33. The fraction of sp³-hybridized carbons (Fsp3) is 0.680. The van der Waals surface area contributed by atoms with Crippen LogP contribution in [0.1, 0.15) is 53.9 Å². The van der Waals surface area contributed by atoms with Crippen LogP contribution >= 0.6 is 0 Å². The molecule has 4 heteroatoms. The van der Waals surface area contributed by atoms with Gasteiger partial charge in [0.1, 0.15) is 0 Å². The average Bonchev–Trinajstić information content (AvgIpc) is 3.00. The molecule has 0 aromatic heterocycles. The molecular weight excluding hydrogens is 360 g/mol. The number of hydrogen-bond donors (Lipinski definition) is 1. The van der Waals surface area contributed by atoms with Crippen LogP contribution in [0.25, 0.3) is 0 Å². The van der Waals surface area contributed by atoms with Crippen LogP contribution in [0.15, 0.2) is 36.0 Å². The molecular formula is C25H36N2O2. The second kappa shape index (κ2) is 7.14. The summed E-state index contributed by atoms with van der Waals surface area (Å²) in [6.07, 6.45) is 13.9. The fourth-order valence-electron chi connectivity index (χ4n) is 5.68. The number of nitrogens with one attached hydrogen (secondary N) is 1. The molecule has 0 spiro atoms. The lowest BCUT2D eigenvalue weighted by Crippen LogP contribution is -2.48. The lowest BCUT2D eigenvalue weighted by molar-refractivity contribution is -0.133. The van der Waals surface area contributed by atoms with Gasteiger partial charge in [-0.1, -0.05) is 57.6 Å². The minimum atomic E-state index is -0.349. The van der Waals surface area contributed by atoms with E-state index in [0.717, 1.165) is 25.9 Å². The van der Waals surface area contributed by atoms with E-state index in [9.17, 15) is 9.59 Å². The minimum Gasteiger partial charge on any atom is -0.347 e. The summed E-state index contributed by atoms with van der Waals surface area (Å²) < 4.78 is 0. The molecule has 1 heterocycles. The van der Waals surface area contributed by atoms with Gasteiger partial charge in [0.05, 0.1) is 5.54 Å². The number of fused-ring (bicyclic) bond motifs is 2. The first-order valence-corrected chi connectivity index (χ1v) is 11.3. The Labute approximate surface area is 175 Å². The maximum Gasteiger partial charge on any atom is 0.224 e. The first-order chi connectivity index (χ1) is 13.7. The normalized spacial score (nSPS) is 35.8. The van der Waals surface area contributed by atoms with Crippen molar-refractivity contribution < 1.29 is 9.59 Å². The summed E-state index contributed by atoms with van der Waals surface area (Å²) in [6, 6.07) is 0. The lowest BCUT2D eigenvalue weighted by Gasteiger charge is -2.37. The van der Waals surface area contributed by atoms with E-state index in [4.69, 9.17) is 0 Å². The van der Waals surface area contributed by atoms with Gasteiger partial charge in [0, 0.05) is 31.3 Å². The Morgan fingerprint density at radius 3 is 2.62 bits per heavy atom. The van der Waals surface area contributed by atoms with E-state index in [2.05, 4.69) is 70.3 Å². The Morgan fingerprint density at radius 1 is 1.28 bits per heavy atom. The highest BCUT2D eigenvalue weighted by Gasteiger charge is 2.60. The van der Waals surface area contributed by atoms with Gasteiger partial charge >= 0.3 is 0 Å². The highest BCUT2D eigenvalue weighted by Crippen LogP contribution is 2.53. The van der Waals surface area contributed by atoms with E-state index >= 15 is 0 Å². The largest absolute Gasteiger partial charge is 0.347 e. The van der Waals surface area contributed by atoms with Crippen LogP contribution in [0, 0.1) is 35.0 Å². The topological polar surface area (TPSA) is 49.4 Å². The SMILES string of the molecule is CCC(C)CC(=O)N1CC2C(C(=O)NC(C)(C)C3=CCC4(C)C=CC=CC34)[C@@H]2C1. The maximum atomic E-state index is 13.1. The number of allylic oxidation sites excluding steroid dienone is 5. The second-order valence-electron chi connectivity index (χ2n) is 10.6. The summed E-state index contributed by atoms with van der Waals surface area (Å²) in [5.41, 5.74) is 1.11. The smallest absolute Gasteiger partial charge is 0.224 e. The summed E-state index contributed by atoms with van der Waals surface area (Å²) in [5.74, 6) is 2.02. The van der Waals surface area contributed by atoms with Crippen molar-refractivity contribution in [3.8, 4) is 0 Å². The van der Waals surface area contributed by atoms with Crippen LogP contribution in [0.4, 0.5) is 0 Å². The Kier molecular flexibility index (Phi) is 5.03. The maximum absolute atomic E-state index is 13.1. The van der Waals surface area contributed by atoms with Gasteiger partial charge in [-0.05, 0) is 49.0 Å². The molecule has 1 aliphatic heterocycles. The third kappa shape index (κ3) is 3.60. The molecule has 0 aromatic carbocycles. The molecule has 1 saturated heterocycles. The van der Waals surface area contributed by atoms with Crippen LogP contribution in [-0.4, -0.2) is 35.3 Å². The van der Waals surface area contributed by atoms with E-state index in [-0.39, 0.29) is 28.7 Å². The zero-order valence-corrected chi connectivity index (χ0v) is 18.6. The van der Waals surface area contributed by atoms with E-state index in [1.54, 1.807) is 0 Å². The van der Waals surface area contributed by atoms with E-state index < -0.39 is 0 Å². The molecule has 3 aliphatic carbocycles. The third-order valence-electron chi connectivity index (χ3n) is 7.93. The van der Waals surface area contributed by atoms with Crippen molar-refractivity contribution in [1.82, 2.24) is 10.2 Å². The summed E-state index contributed by atoms with van der Waals surface area (Å²) in [4.78, 5) is 27.5. The number of carbonyl (C=O) groups is 2. The highest BCUT2D eigenvalue weighted by molar-refractivity contribution is 5.85. The molecule has 0 aromatic rings. The molecule has 29 heavy (non-hydrogen) atoms. The lowest BCUT2D eigenvalue weighted by atomic mass is 9.71. The van der Waals surface area contributed by atoms with Gasteiger partial charge in [-0.3, -0.25) is 9.59 Å². The quantitative estimate of drug-likeness (QED) is 0.687. The number of nitrogens with zero attached hydrogens (tertiary/aromatic N) is 1. The molecule has 4 aliphatic rings. The van der Waals surface area contributed by atoms with Gasteiger partial charge in [0.15, 0.2) is 0 Å². The predicted molar refractivity (Wildman–Crippen MR) is 116 cm³/mol. The van der Waals surface area contributed by atoms with Crippen molar-refractivity contribution in [2.75, 3.05) is 13.1 Å². The monoisotopic (exact) mass is 396 g/mol. The number of likely N-dealkylation sites (tertiary alicyclic amines) is 1. The molecule has 1 saturated carbocycles. The van der Waals surface area contributed by atoms with Crippen LogP contribution in [-0.2, 0) is 9.59 Å². The van der Waals surface area contributed by atoms with E-state index in [1.807, 2.05) is 4.90 Å². The molecule has 158 valence electrons. The fourth-order valence-corrected chi connectivity index (χ4v) is 5.68. The number of rotatable bonds is 6. The minimum absolute atomic E-state index is 0.0807. The van der Waals surface area contributed by atoms with Crippen molar-refractivity contribution in [3.63, 3.8) is 0 Å². The Morgan fingerprint density at radius 2 is 1.97 bits per heavy atom. The molecule has 5 unspecified atom stereocenters. The standard InChI is InChI=1S/C25H36N2O2/c1-6-16(2)13-21(28)27-14-17-18(15-27)22(17)23(29)26-24(3,4)19-10-12-25(5)11-8-7-9-20(19)25/h7-11,16-18,20,22H,6,12-15H2,1-5H3,(H,26,29)/t16?,17-,18?,20?,22?,25?/m1/s1. The molecule has 0 radical (unpaired) electrons. The highest BCUT2D eigenvalue weighted by atomic mass is 16.2. The third-order valence-corrected chi connectivity index (χ3v) is 7.93.